The lowest BCUT2D eigenvalue weighted by Gasteiger charge is -2.31. The molecular weight excluding hydrogens is 250 g/mol. The van der Waals surface area contributed by atoms with Crippen LogP contribution in [0.4, 0.5) is 0 Å². The zero-order valence-corrected chi connectivity index (χ0v) is 12.9. The van der Waals surface area contributed by atoms with Crippen molar-refractivity contribution in [2.45, 2.75) is 51.6 Å². The van der Waals surface area contributed by atoms with Gasteiger partial charge in [0.05, 0.1) is 14.2 Å². The summed E-state index contributed by atoms with van der Waals surface area (Å²) in [7, 11) is 3.35. The molecule has 1 aliphatic rings. The quantitative estimate of drug-likeness (QED) is 0.858. The van der Waals surface area contributed by atoms with Crippen LogP contribution in [-0.4, -0.2) is 20.3 Å². The topological polar surface area (TPSA) is 30.5 Å². The molecule has 1 saturated carbocycles. The van der Waals surface area contributed by atoms with Crippen LogP contribution < -0.4 is 14.8 Å². The second kappa shape index (κ2) is 7.53. The van der Waals surface area contributed by atoms with Gasteiger partial charge in [-0.25, -0.2) is 0 Å². The first-order chi connectivity index (χ1) is 9.78. The Balaban J connectivity index is 1.96. The molecule has 0 heterocycles. The largest absolute Gasteiger partial charge is 0.493 e. The molecule has 0 spiro atoms. The molecule has 20 heavy (non-hydrogen) atoms. The molecular formula is C17H27NO2. The van der Waals surface area contributed by atoms with E-state index >= 15 is 0 Å². The first-order valence-corrected chi connectivity index (χ1v) is 7.72. The fraction of sp³-hybridized carbons (Fsp3) is 0.647. The Bertz CT molecular complexity index is 419. The van der Waals surface area contributed by atoms with Crippen LogP contribution in [0, 0.1) is 5.92 Å². The Morgan fingerprint density at radius 3 is 2.55 bits per heavy atom. The molecule has 3 heteroatoms. The van der Waals surface area contributed by atoms with Gasteiger partial charge in [-0.05, 0) is 36.5 Å². The summed E-state index contributed by atoms with van der Waals surface area (Å²) in [6, 6.07) is 6.82. The molecule has 2 rings (SSSR count). The molecule has 0 aromatic heterocycles. The summed E-state index contributed by atoms with van der Waals surface area (Å²) in [5, 5.41) is 3.73. The van der Waals surface area contributed by atoms with Gasteiger partial charge in [0.25, 0.3) is 0 Å². The first kappa shape index (κ1) is 15.2. The highest BCUT2D eigenvalue weighted by molar-refractivity contribution is 5.42. The van der Waals surface area contributed by atoms with E-state index in [1.54, 1.807) is 14.2 Å². The molecule has 2 atom stereocenters. The normalized spacial score (nSPS) is 22.6. The smallest absolute Gasteiger partial charge is 0.161 e. The predicted octanol–water partition coefficient (Wildman–Crippen LogP) is 3.76. The number of ether oxygens (including phenoxy) is 2. The van der Waals surface area contributed by atoms with Gasteiger partial charge in [0.1, 0.15) is 0 Å². The lowest BCUT2D eigenvalue weighted by atomic mass is 9.83. The molecule has 1 fully saturated rings. The molecule has 112 valence electrons. The monoisotopic (exact) mass is 277 g/mol. The van der Waals surface area contributed by atoms with Crippen molar-refractivity contribution in [2.75, 3.05) is 14.2 Å². The summed E-state index contributed by atoms with van der Waals surface area (Å²) in [4.78, 5) is 0. The van der Waals surface area contributed by atoms with Crippen molar-refractivity contribution < 1.29 is 9.47 Å². The summed E-state index contributed by atoms with van der Waals surface area (Å²) in [6.45, 7) is 3.21. The standard InChI is InChI=1S/C17H27NO2/c1-4-14-7-5-6-8-15(14)18-12-13-9-10-16(19-2)17(11-13)20-3/h9-11,14-15,18H,4-8,12H2,1-3H3. The van der Waals surface area contributed by atoms with E-state index < -0.39 is 0 Å². The Morgan fingerprint density at radius 1 is 1.10 bits per heavy atom. The van der Waals surface area contributed by atoms with Crippen molar-refractivity contribution in [1.82, 2.24) is 5.32 Å². The minimum atomic E-state index is 0.668. The fourth-order valence-corrected chi connectivity index (χ4v) is 3.20. The maximum Gasteiger partial charge on any atom is 0.161 e. The van der Waals surface area contributed by atoms with E-state index in [2.05, 4.69) is 24.4 Å². The Hall–Kier alpha value is -1.22. The Labute approximate surface area is 122 Å². The van der Waals surface area contributed by atoms with E-state index in [1.807, 2.05) is 6.07 Å². The second-order valence-electron chi connectivity index (χ2n) is 5.63. The molecule has 1 aromatic rings. The highest BCUT2D eigenvalue weighted by atomic mass is 16.5. The molecule has 0 aliphatic heterocycles. The van der Waals surface area contributed by atoms with Crippen molar-refractivity contribution in [3.63, 3.8) is 0 Å². The van der Waals surface area contributed by atoms with Gasteiger partial charge in [-0.1, -0.05) is 32.3 Å². The number of methoxy groups -OCH3 is 2. The van der Waals surface area contributed by atoms with Crippen LogP contribution in [0.5, 0.6) is 11.5 Å². The molecule has 1 aromatic carbocycles. The number of benzene rings is 1. The van der Waals surface area contributed by atoms with E-state index in [9.17, 15) is 0 Å². The summed E-state index contributed by atoms with van der Waals surface area (Å²) in [5.41, 5.74) is 1.25. The van der Waals surface area contributed by atoms with Gasteiger partial charge in [-0.15, -0.1) is 0 Å². The minimum absolute atomic E-state index is 0.668. The summed E-state index contributed by atoms with van der Waals surface area (Å²) in [6.07, 6.45) is 6.72. The van der Waals surface area contributed by atoms with Crippen LogP contribution in [0.15, 0.2) is 18.2 Å². The van der Waals surface area contributed by atoms with Gasteiger partial charge in [-0.2, -0.15) is 0 Å². The predicted molar refractivity (Wildman–Crippen MR) is 82.4 cm³/mol. The molecule has 0 radical (unpaired) electrons. The van der Waals surface area contributed by atoms with Gasteiger partial charge in [-0.3, -0.25) is 0 Å². The third-order valence-corrected chi connectivity index (χ3v) is 4.45. The third-order valence-electron chi connectivity index (χ3n) is 4.45. The fourth-order valence-electron chi connectivity index (χ4n) is 3.20. The second-order valence-corrected chi connectivity index (χ2v) is 5.63. The van der Waals surface area contributed by atoms with E-state index in [-0.39, 0.29) is 0 Å². The highest BCUT2D eigenvalue weighted by Gasteiger charge is 2.22. The van der Waals surface area contributed by atoms with Gasteiger partial charge >= 0.3 is 0 Å². The van der Waals surface area contributed by atoms with Crippen LogP contribution in [0.25, 0.3) is 0 Å². The average molecular weight is 277 g/mol. The average Bonchev–Trinajstić information content (AvgIpc) is 2.52. The van der Waals surface area contributed by atoms with Gasteiger partial charge in [0, 0.05) is 12.6 Å². The number of nitrogens with one attached hydrogen (secondary N) is 1. The summed E-state index contributed by atoms with van der Waals surface area (Å²) in [5.74, 6) is 2.44. The van der Waals surface area contributed by atoms with Crippen molar-refractivity contribution in [2.24, 2.45) is 5.92 Å². The molecule has 3 nitrogen and oxygen atoms in total. The maximum absolute atomic E-state index is 5.36. The van der Waals surface area contributed by atoms with Crippen molar-refractivity contribution in [3.8, 4) is 11.5 Å². The van der Waals surface area contributed by atoms with Gasteiger partial charge in [0.15, 0.2) is 11.5 Å². The Morgan fingerprint density at radius 2 is 1.85 bits per heavy atom. The van der Waals surface area contributed by atoms with Gasteiger partial charge in [0.2, 0.25) is 0 Å². The zero-order chi connectivity index (χ0) is 14.4. The lowest BCUT2D eigenvalue weighted by Crippen LogP contribution is -2.37. The molecule has 1 aliphatic carbocycles. The van der Waals surface area contributed by atoms with Crippen LogP contribution in [-0.2, 0) is 6.54 Å². The van der Waals surface area contributed by atoms with E-state index in [0.717, 1.165) is 24.0 Å². The zero-order valence-electron chi connectivity index (χ0n) is 12.9. The van der Waals surface area contributed by atoms with E-state index in [1.165, 1.54) is 37.7 Å². The van der Waals surface area contributed by atoms with Crippen LogP contribution in [0.1, 0.15) is 44.6 Å². The first-order valence-electron chi connectivity index (χ1n) is 7.72. The third kappa shape index (κ3) is 3.66. The van der Waals surface area contributed by atoms with E-state index in [4.69, 9.17) is 9.47 Å². The Kier molecular flexibility index (Phi) is 5.72. The lowest BCUT2D eigenvalue weighted by molar-refractivity contribution is 0.254. The maximum atomic E-state index is 5.36. The molecule has 0 saturated heterocycles. The van der Waals surface area contributed by atoms with Crippen LogP contribution in [0.2, 0.25) is 0 Å². The SMILES string of the molecule is CCC1CCCCC1NCc1ccc(OC)c(OC)c1. The van der Waals surface area contributed by atoms with Crippen LogP contribution in [0.3, 0.4) is 0 Å². The molecule has 0 amide bonds. The van der Waals surface area contributed by atoms with Crippen molar-refractivity contribution in [3.05, 3.63) is 23.8 Å². The molecule has 1 N–H and O–H groups in total. The van der Waals surface area contributed by atoms with Crippen LogP contribution >= 0.6 is 0 Å². The summed E-state index contributed by atoms with van der Waals surface area (Å²) >= 11 is 0. The number of hydrogen-bond acceptors (Lipinski definition) is 3. The van der Waals surface area contributed by atoms with Gasteiger partial charge < -0.3 is 14.8 Å². The van der Waals surface area contributed by atoms with E-state index in [0.29, 0.717) is 6.04 Å². The summed E-state index contributed by atoms with van der Waals surface area (Å²) < 4.78 is 10.6. The number of rotatable bonds is 6. The van der Waals surface area contributed by atoms with Crippen molar-refractivity contribution >= 4 is 0 Å². The highest BCUT2D eigenvalue weighted by Crippen LogP contribution is 2.29. The van der Waals surface area contributed by atoms with Crippen molar-refractivity contribution in [1.29, 1.82) is 0 Å². The number of hydrogen-bond donors (Lipinski definition) is 1. The molecule has 0 bridgehead atoms. The molecule has 2 unspecified atom stereocenters. The minimum Gasteiger partial charge on any atom is -0.493 e.